The molecule has 0 atom stereocenters. The highest BCUT2D eigenvalue weighted by molar-refractivity contribution is 5.45. The Hall–Kier alpha value is -1.32. The van der Waals surface area contributed by atoms with Crippen molar-refractivity contribution < 1.29 is 0 Å². The summed E-state index contributed by atoms with van der Waals surface area (Å²) in [5, 5.41) is 3.23. The molecule has 20 heavy (non-hydrogen) atoms. The van der Waals surface area contributed by atoms with Crippen molar-refractivity contribution in [2.24, 2.45) is 5.41 Å². The van der Waals surface area contributed by atoms with Gasteiger partial charge in [-0.1, -0.05) is 12.8 Å². The van der Waals surface area contributed by atoms with Crippen molar-refractivity contribution in [1.82, 2.24) is 9.97 Å². The fourth-order valence-electron chi connectivity index (χ4n) is 3.79. The van der Waals surface area contributed by atoms with Crippen LogP contribution in [0.3, 0.4) is 0 Å². The molecule has 1 N–H and O–H groups in total. The van der Waals surface area contributed by atoms with Crippen LogP contribution in [-0.2, 0) is 0 Å². The number of hydrogen-bond acceptors (Lipinski definition) is 4. The molecule has 0 radical (unpaired) electrons. The van der Waals surface area contributed by atoms with Crippen LogP contribution in [-0.4, -0.2) is 29.6 Å². The fraction of sp³-hybridized carbons (Fsp3) is 0.750. The van der Waals surface area contributed by atoms with Crippen molar-refractivity contribution in [3.05, 3.63) is 11.8 Å². The quantitative estimate of drug-likeness (QED) is 0.917. The Morgan fingerprint density at radius 1 is 1.15 bits per heavy atom. The summed E-state index contributed by atoms with van der Waals surface area (Å²) >= 11 is 0. The molecular weight excluding hydrogens is 248 g/mol. The van der Waals surface area contributed by atoms with E-state index in [0.29, 0.717) is 5.41 Å². The Kier molecular flexibility index (Phi) is 3.81. The second-order valence-corrected chi connectivity index (χ2v) is 6.42. The normalized spacial score (nSPS) is 21.4. The van der Waals surface area contributed by atoms with E-state index in [1.54, 1.807) is 0 Å². The van der Waals surface area contributed by atoms with E-state index in [2.05, 4.69) is 40.1 Å². The molecule has 1 aromatic rings. The van der Waals surface area contributed by atoms with E-state index in [1.807, 2.05) is 0 Å². The lowest BCUT2D eigenvalue weighted by Crippen LogP contribution is -2.39. The Morgan fingerprint density at radius 3 is 2.50 bits per heavy atom. The molecule has 4 nitrogen and oxygen atoms in total. The van der Waals surface area contributed by atoms with Crippen molar-refractivity contribution >= 4 is 11.8 Å². The maximum Gasteiger partial charge on any atom is 0.224 e. The average molecular weight is 274 g/mol. The zero-order valence-corrected chi connectivity index (χ0v) is 12.8. The topological polar surface area (TPSA) is 41.1 Å². The third kappa shape index (κ3) is 2.74. The van der Waals surface area contributed by atoms with E-state index in [1.165, 1.54) is 38.5 Å². The lowest BCUT2D eigenvalue weighted by Gasteiger charge is -2.40. The van der Waals surface area contributed by atoms with Gasteiger partial charge in [0.25, 0.3) is 0 Å². The predicted molar refractivity (Wildman–Crippen MR) is 83.3 cm³/mol. The monoisotopic (exact) mass is 274 g/mol. The van der Waals surface area contributed by atoms with Crippen LogP contribution in [0.15, 0.2) is 6.07 Å². The number of nitrogens with zero attached hydrogens (tertiary/aromatic N) is 3. The second-order valence-electron chi connectivity index (χ2n) is 6.42. The summed E-state index contributed by atoms with van der Waals surface area (Å²) in [7, 11) is 0. The molecule has 1 aromatic heterocycles. The first-order valence-corrected chi connectivity index (χ1v) is 8.05. The van der Waals surface area contributed by atoms with Crippen LogP contribution in [0.25, 0.3) is 0 Å². The zero-order valence-electron chi connectivity index (χ0n) is 12.8. The largest absolute Gasteiger partial charge is 0.356 e. The summed E-state index contributed by atoms with van der Waals surface area (Å²) in [6.07, 6.45) is 8.46. The Morgan fingerprint density at radius 2 is 1.85 bits per heavy atom. The van der Waals surface area contributed by atoms with E-state index in [9.17, 15) is 0 Å². The highest BCUT2D eigenvalue weighted by atomic mass is 15.2. The summed E-state index contributed by atoms with van der Waals surface area (Å²) in [4.78, 5) is 11.5. The maximum atomic E-state index is 4.67. The van der Waals surface area contributed by atoms with E-state index in [4.69, 9.17) is 0 Å². The zero-order chi connectivity index (χ0) is 14.0. The molecule has 0 bridgehead atoms. The predicted octanol–water partition coefficient (Wildman–Crippen LogP) is 3.38. The van der Waals surface area contributed by atoms with Gasteiger partial charge in [-0.25, -0.2) is 4.98 Å². The summed E-state index contributed by atoms with van der Waals surface area (Å²) in [6.45, 7) is 7.31. The molecule has 110 valence electrons. The number of nitrogens with one attached hydrogen (secondary N) is 1. The van der Waals surface area contributed by atoms with Crippen LogP contribution in [0.5, 0.6) is 0 Å². The molecule has 1 saturated heterocycles. The van der Waals surface area contributed by atoms with E-state index < -0.39 is 0 Å². The molecule has 4 heteroatoms. The molecule has 1 saturated carbocycles. The van der Waals surface area contributed by atoms with Gasteiger partial charge in [-0.15, -0.1) is 0 Å². The van der Waals surface area contributed by atoms with Gasteiger partial charge in [0, 0.05) is 31.4 Å². The molecule has 2 fully saturated rings. The lowest BCUT2D eigenvalue weighted by atomic mass is 9.77. The molecule has 1 aliphatic carbocycles. The van der Waals surface area contributed by atoms with Gasteiger partial charge in [-0.3, -0.25) is 0 Å². The van der Waals surface area contributed by atoms with Crippen LogP contribution in [0.2, 0.25) is 0 Å². The van der Waals surface area contributed by atoms with Crippen molar-refractivity contribution in [3.63, 3.8) is 0 Å². The molecule has 2 aliphatic rings. The number of hydrogen-bond donors (Lipinski definition) is 1. The molecule has 1 spiro atoms. The smallest absolute Gasteiger partial charge is 0.224 e. The second kappa shape index (κ2) is 5.58. The summed E-state index contributed by atoms with van der Waals surface area (Å²) in [5.74, 6) is 1.87. The molecule has 3 rings (SSSR count). The van der Waals surface area contributed by atoms with Crippen molar-refractivity contribution in [3.8, 4) is 0 Å². The van der Waals surface area contributed by atoms with Gasteiger partial charge < -0.3 is 10.2 Å². The van der Waals surface area contributed by atoms with Crippen LogP contribution in [0, 0.1) is 12.3 Å². The number of aromatic nitrogens is 2. The fourth-order valence-corrected chi connectivity index (χ4v) is 3.79. The number of piperidine rings is 1. The highest BCUT2D eigenvalue weighted by Crippen LogP contribution is 2.46. The Balaban J connectivity index is 1.71. The van der Waals surface area contributed by atoms with Gasteiger partial charge in [-0.2, -0.15) is 4.98 Å². The van der Waals surface area contributed by atoms with Gasteiger partial charge in [0.1, 0.15) is 5.82 Å². The Bertz CT molecular complexity index is 456. The van der Waals surface area contributed by atoms with E-state index in [-0.39, 0.29) is 0 Å². The average Bonchev–Trinajstić information content (AvgIpc) is 2.88. The SMILES string of the molecule is CCNc1nc(C)cc(N2CCC3(CCCC3)CC2)n1. The standard InChI is InChI=1S/C16H26N4/c1-3-17-15-18-13(2)12-14(19-15)20-10-8-16(9-11-20)6-4-5-7-16/h12H,3-11H2,1-2H3,(H,17,18,19). The van der Waals surface area contributed by atoms with E-state index >= 15 is 0 Å². The van der Waals surface area contributed by atoms with Crippen LogP contribution in [0.1, 0.15) is 51.1 Å². The highest BCUT2D eigenvalue weighted by Gasteiger charge is 2.37. The van der Waals surface area contributed by atoms with Gasteiger partial charge in [0.2, 0.25) is 5.95 Å². The van der Waals surface area contributed by atoms with Crippen molar-refractivity contribution in [1.29, 1.82) is 0 Å². The van der Waals surface area contributed by atoms with Gasteiger partial charge in [0.15, 0.2) is 0 Å². The van der Waals surface area contributed by atoms with Gasteiger partial charge in [-0.05, 0) is 44.9 Å². The molecule has 0 amide bonds. The molecule has 0 unspecified atom stereocenters. The Labute approximate surface area is 122 Å². The number of aryl methyl sites for hydroxylation is 1. The number of anilines is 2. The summed E-state index contributed by atoms with van der Waals surface area (Å²) < 4.78 is 0. The first kappa shape index (κ1) is 13.7. The minimum atomic E-state index is 0.670. The molecule has 0 aromatic carbocycles. The van der Waals surface area contributed by atoms with E-state index in [0.717, 1.165) is 37.1 Å². The molecular formula is C16H26N4. The summed E-state index contributed by atoms with van der Waals surface area (Å²) in [5.41, 5.74) is 1.72. The first-order valence-electron chi connectivity index (χ1n) is 8.05. The first-order chi connectivity index (χ1) is 9.71. The van der Waals surface area contributed by atoms with Crippen molar-refractivity contribution in [2.45, 2.75) is 52.4 Å². The number of rotatable bonds is 3. The van der Waals surface area contributed by atoms with Crippen LogP contribution in [0.4, 0.5) is 11.8 Å². The van der Waals surface area contributed by atoms with Gasteiger partial charge >= 0.3 is 0 Å². The third-order valence-electron chi connectivity index (χ3n) is 4.99. The molecule has 1 aliphatic heterocycles. The van der Waals surface area contributed by atoms with Crippen molar-refractivity contribution in [2.75, 3.05) is 29.9 Å². The molecule has 2 heterocycles. The third-order valence-corrected chi connectivity index (χ3v) is 4.99. The van der Waals surface area contributed by atoms with Crippen LogP contribution < -0.4 is 10.2 Å². The summed E-state index contributed by atoms with van der Waals surface area (Å²) in [6, 6.07) is 2.12. The van der Waals surface area contributed by atoms with Gasteiger partial charge in [0.05, 0.1) is 0 Å². The van der Waals surface area contributed by atoms with Crippen LogP contribution >= 0.6 is 0 Å². The maximum absolute atomic E-state index is 4.67. The lowest BCUT2D eigenvalue weighted by molar-refractivity contribution is 0.226. The minimum Gasteiger partial charge on any atom is -0.356 e. The minimum absolute atomic E-state index is 0.670.